The summed E-state index contributed by atoms with van der Waals surface area (Å²) in [6.45, 7) is 0. The summed E-state index contributed by atoms with van der Waals surface area (Å²) in [6, 6.07) is 7.86. The summed E-state index contributed by atoms with van der Waals surface area (Å²) in [7, 11) is 0. The Kier molecular flexibility index (Phi) is 3.32. The number of hydrogen-bond donors (Lipinski definition) is 1. The van der Waals surface area contributed by atoms with Crippen LogP contribution in [0.4, 0.5) is 0 Å². The van der Waals surface area contributed by atoms with Crippen molar-refractivity contribution in [2.24, 2.45) is 0 Å². The molecule has 1 aromatic rings. The SMILES string of the molecule is O=C(NC1CC1)C(Cl)c1cccc(Br)c1. The van der Waals surface area contributed by atoms with Crippen LogP contribution in [0.25, 0.3) is 0 Å². The average Bonchev–Trinajstić information content (AvgIpc) is 3.00. The minimum absolute atomic E-state index is 0.0998. The number of nitrogens with one attached hydrogen (secondary N) is 1. The number of rotatable bonds is 3. The van der Waals surface area contributed by atoms with E-state index in [0.29, 0.717) is 6.04 Å². The molecule has 1 aliphatic carbocycles. The third-order valence-electron chi connectivity index (χ3n) is 2.30. The molecule has 1 fully saturated rings. The minimum atomic E-state index is -0.594. The van der Waals surface area contributed by atoms with E-state index in [1.165, 1.54) is 0 Å². The first-order valence-corrected chi connectivity index (χ1v) is 6.09. The van der Waals surface area contributed by atoms with Crippen molar-refractivity contribution in [3.63, 3.8) is 0 Å². The molecule has 4 heteroatoms. The van der Waals surface area contributed by atoms with Gasteiger partial charge in [0, 0.05) is 10.5 Å². The summed E-state index contributed by atoms with van der Waals surface area (Å²) in [5.74, 6) is -0.0998. The number of hydrogen-bond acceptors (Lipinski definition) is 1. The molecule has 80 valence electrons. The maximum Gasteiger partial charge on any atom is 0.242 e. The highest BCUT2D eigenvalue weighted by atomic mass is 79.9. The van der Waals surface area contributed by atoms with Gasteiger partial charge in [-0.15, -0.1) is 11.6 Å². The molecule has 0 radical (unpaired) electrons. The fourth-order valence-electron chi connectivity index (χ4n) is 1.32. The number of benzene rings is 1. The lowest BCUT2D eigenvalue weighted by Crippen LogP contribution is -2.28. The zero-order chi connectivity index (χ0) is 10.8. The first-order chi connectivity index (χ1) is 7.16. The van der Waals surface area contributed by atoms with Crippen molar-refractivity contribution in [1.29, 1.82) is 0 Å². The van der Waals surface area contributed by atoms with E-state index in [0.717, 1.165) is 22.9 Å². The van der Waals surface area contributed by atoms with Gasteiger partial charge in [-0.3, -0.25) is 4.79 Å². The molecule has 1 N–H and O–H groups in total. The number of alkyl halides is 1. The molecule has 1 amide bonds. The van der Waals surface area contributed by atoms with Crippen LogP contribution < -0.4 is 5.32 Å². The smallest absolute Gasteiger partial charge is 0.242 e. The Morgan fingerprint density at radius 1 is 1.53 bits per heavy atom. The molecular weight excluding hydrogens is 277 g/mol. The number of amides is 1. The van der Waals surface area contributed by atoms with Crippen molar-refractivity contribution in [3.8, 4) is 0 Å². The van der Waals surface area contributed by atoms with Crippen molar-refractivity contribution < 1.29 is 4.79 Å². The lowest BCUT2D eigenvalue weighted by molar-refractivity contribution is -0.121. The highest BCUT2D eigenvalue weighted by molar-refractivity contribution is 9.10. The molecule has 0 aromatic heterocycles. The summed E-state index contributed by atoms with van der Waals surface area (Å²) in [5.41, 5.74) is 0.823. The molecule has 1 aromatic carbocycles. The first kappa shape index (κ1) is 11.0. The van der Waals surface area contributed by atoms with Crippen molar-refractivity contribution in [3.05, 3.63) is 34.3 Å². The van der Waals surface area contributed by atoms with E-state index in [4.69, 9.17) is 11.6 Å². The quantitative estimate of drug-likeness (QED) is 0.851. The van der Waals surface area contributed by atoms with Crippen LogP contribution >= 0.6 is 27.5 Å². The van der Waals surface area contributed by atoms with Gasteiger partial charge in [0.1, 0.15) is 5.38 Å². The Labute approximate surface area is 102 Å². The van der Waals surface area contributed by atoms with Crippen LogP contribution in [0.1, 0.15) is 23.8 Å². The van der Waals surface area contributed by atoms with Crippen molar-refractivity contribution in [1.82, 2.24) is 5.32 Å². The Hall–Kier alpha value is -0.540. The first-order valence-electron chi connectivity index (χ1n) is 4.87. The van der Waals surface area contributed by atoms with Crippen LogP contribution in [0.3, 0.4) is 0 Å². The van der Waals surface area contributed by atoms with Crippen LogP contribution in [0.5, 0.6) is 0 Å². The van der Waals surface area contributed by atoms with Crippen LogP contribution in [-0.2, 0) is 4.79 Å². The van der Waals surface area contributed by atoms with Gasteiger partial charge in [-0.05, 0) is 30.5 Å². The standard InChI is InChI=1S/C11H11BrClNO/c12-8-3-1-2-7(6-8)10(13)11(15)14-9-4-5-9/h1-3,6,9-10H,4-5H2,(H,14,15). The highest BCUT2D eigenvalue weighted by Crippen LogP contribution is 2.26. The maximum absolute atomic E-state index is 11.6. The summed E-state index contributed by atoms with van der Waals surface area (Å²) in [5, 5.41) is 2.29. The topological polar surface area (TPSA) is 29.1 Å². The van der Waals surface area contributed by atoms with Crippen LogP contribution in [0, 0.1) is 0 Å². The van der Waals surface area contributed by atoms with Gasteiger partial charge in [0.2, 0.25) is 5.91 Å². The third kappa shape index (κ3) is 2.95. The summed E-state index contributed by atoms with van der Waals surface area (Å²) >= 11 is 9.42. The predicted octanol–water partition coefficient (Wildman–Crippen LogP) is 3.01. The molecular formula is C11H11BrClNO. The van der Waals surface area contributed by atoms with E-state index < -0.39 is 5.38 Å². The van der Waals surface area contributed by atoms with E-state index in [1.54, 1.807) is 0 Å². The van der Waals surface area contributed by atoms with E-state index >= 15 is 0 Å². The van der Waals surface area contributed by atoms with Gasteiger partial charge in [0.25, 0.3) is 0 Å². The molecule has 1 aliphatic rings. The van der Waals surface area contributed by atoms with Crippen molar-refractivity contribution in [2.45, 2.75) is 24.3 Å². The van der Waals surface area contributed by atoms with Crippen LogP contribution in [0.2, 0.25) is 0 Å². The Balaban J connectivity index is 2.05. The van der Waals surface area contributed by atoms with Crippen LogP contribution in [-0.4, -0.2) is 11.9 Å². The zero-order valence-corrected chi connectivity index (χ0v) is 10.4. The van der Waals surface area contributed by atoms with Gasteiger partial charge < -0.3 is 5.32 Å². The Morgan fingerprint density at radius 3 is 2.87 bits per heavy atom. The fourth-order valence-corrected chi connectivity index (χ4v) is 1.93. The Morgan fingerprint density at radius 2 is 2.27 bits per heavy atom. The van der Waals surface area contributed by atoms with Gasteiger partial charge in [-0.1, -0.05) is 28.1 Å². The van der Waals surface area contributed by atoms with E-state index in [-0.39, 0.29) is 5.91 Å². The summed E-state index contributed by atoms with van der Waals surface area (Å²) in [6.07, 6.45) is 2.15. The van der Waals surface area contributed by atoms with Gasteiger partial charge in [-0.2, -0.15) is 0 Å². The van der Waals surface area contributed by atoms with Crippen LogP contribution in [0.15, 0.2) is 28.7 Å². The van der Waals surface area contributed by atoms with Crippen molar-refractivity contribution in [2.75, 3.05) is 0 Å². The normalized spacial score (nSPS) is 17.2. The molecule has 2 nitrogen and oxygen atoms in total. The predicted molar refractivity (Wildman–Crippen MR) is 63.9 cm³/mol. The molecule has 2 rings (SSSR count). The maximum atomic E-state index is 11.6. The third-order valence-corrected chi connectivity index (χ3v) is 3.24. The molecule has 15 heavy (non-hydrogen) atoms. The molecule has 0 bridgehead atoms. The number of carbonyl (C=O) groups excluding carboxylic acids is 1. The second kappa shape index (κ2) is 4.54. The second-order valence-electron chi connectivity index (χ2n) is 3.70. The van der Waals surface area contributed by atoms with E-state index in [1.807, 2.05) is 24.3 Å². The number of halogens is 2. The molecule has 0 heterocycles. The lowest BCUT2D eigenvalue weighted by Gasteiger charge is -2.10. The molecule has 1 saturated carbocycles. The van der Waals surface area contributed by atoms with Gasteiger partial charge in [0.15, 0.2) is 0 Å². The molecule has 0 aliphatic heterocycles. The van der Waals surface area contributed by atoms with E-state index in [2.05, 4.69) is 21.2 Å². The average molecular weight is 289 g/mol. The number of carbonyl (C=O) groups is 1. The summed E-state index contributed by atoms with van der Waals surface area (Å²) in [4.78, 5) is 11.6. The second-order valence-corrected chi connectivity index (χ2v) is 5.05. The largest absolute Gasteiger partial charge is 0.352 e. The van der Waals surface area contributed by atoms with Crippen molar-refractivity contribution >= 4 is 33.4 Å². The summed E-state index contributed by atoms with van der Waals surface area (Å²) < 4.78 is 0.935. The highest BCUT2D eigenvalue weighted by Gasteiger charge is 2.27. The van der Waals surface area contributed by atoms with Gasteiger partial charge in [-0.25, -0.2) is 0 Å². The van der Waals surface area contributed by atoms with Gasteiger partial charge >= 0.3 is 0 Å². The molecule has 1 atom stereocenters. The monoisotopic (exact) mass is 287 g/mol. The molecule has 0 spiro atoms. The zero-order valence-electron chi connectivity index (χ0n) is 8.04. The van der Waals surface area contributed by atoms with Gasteiger partial charge in [0.05, 0.1) is 0 Å². The molecule has 0 saturated heterocycles. The fraction of sp³-hybridized carbons (Fsp3) is 0.364. The minimum Gasteiger partial charge on any atom is -0.352 e. The molecule has 1 unspecified atom stereocenters. The van der Waals surface area contributed by atoms with E-state index in [9.17, 15) is 4.79 Å². The lowest BCUT2D eigenvalue weighted by atomic mass is 10.1. The Bertz CT molecular complexity index is 379.